The van der Waals surface area contributed by atoms with Crippen molar-refractivity contribution in [1.29, 1.82) is 5.26 Å². The summed E-state index contributed by atoms with van der Waals surface area (Å²) < 4.78 is 5.41. The lowest BCUT2D eigenvalue weighted by atomic mass is 10.0. The number of anilines is 1. The van der Waals surface area contributed by atoms with Gasteiger partial charge in [0.05, 0.1) is 10.9 Å². The maximum absolute atomic E-state index is 12.5. The molecule has 4 aromatic rings. The number of hydrogen-bond acceptors (Lipinski definition) is 6. The van der Waals surface area contributed by atoms with Gasteiger partial charge in [-0.05, 0) is 23.6 Å². The summed E-state index contributed by atoms with van der Waals surface area (Å²) in [6.07, 6.45) is 0. The predicted octanol–water partition coefficient (Wildman–Crippen LogP) is 3.52. The number of nitrogen functional groups attached to an aromatic ring is 1. The van der Waals surface area contributed by atoms with Gasteiger partial charge in [-0.2, -0.15) is 5.26 Å². The lowest BCUT2D eigenvalue weighted by Crippen LogP contribution is -2.07. The monoisotopic (exact) mass is 319 g/mol. The standard InChI is InChI=1S/C17H9N3O2S/c18-8-10-13(12-6-3-7-23-12)14-15(20-16(10)19)9-4-1-2-5-11(9)22-17(14)21/h1-7H,(H2,19,20). The molecule has 0 spiro atoms. The van der Waals surface area contributed by atoms with Crippen molar-refractivity contribution in [3.63, 3.8) is 0 Å². The number of nitriles is 1. The van der Waals surface area contributed by atoms with Crippen LogP contribution < -0.4 is 11.4 Å². The van der Waals surface area contributed by atoms with Crippen molar-refractivity contribution in [3.8, 4) is 16.5 Å². The number of benzene rings is 1. The minimum absolute atomic E-state index is 0.110. The number of fused-ring (bicyclic) bond motifs is 3. The zero-order chi connectivity index (χ0) is 16.0. The summed E-state index contributed by atoms with van der Waals surface area (Å²) in [6.45, 7) is 0. The van der Waals surface area contributed by atoms with Gasteiger partial charge in [-0.1, -0.05) is 18.2 Å². The fourth-order valence-electron chi connectivity index (χ4n) is 2.68. The molecule has 0 saturated heterocycles. The zero-order valence-corrected chi connectivity index (χ0v) is 12.6. The van der Waals surface area contributed by atoms with Crippen LogP contribution in [-0.2, 0) is 0 Å². The summed E-state index contributed by atoms with van der Waals surface area (Å²) in [6, 6.07) is 12.9. The van der Waals surface area contributed by atoms with Gasteiger partial charge in [-0.25, -0.2) is 9.78 Å². The third kappa shape index (κ3) is 1.91. The molecule has 4 rings (SSSR count). The van der Waals surface area contributed by atoms with E-state index in [0.29, 0.717) is 22.0 Å². The summed E-state index contributed by atoms with van der Waals surface area (Å²) >= 11 is 1.43. The molecule has 0 saturated carbocycles. The van der Waals surface area contributed by atoms with Crippen molar-refractivity contribution in [2.75, 3.05) is 5.73 Å². The molecule has 3 heterocycles. The van der Waals surface area contributed by atoms with Gasteiger partial charge in [0.1, 0.15) is 23.0 Å². The highest BCUT2D eigenvalue weighted by Crippen LogP contribution is 2.36. The van der Waals surface area contributed by atoms with Crippen molar-refractivity contribution < 1.29 is 4.42 Å². The van der Waals surface area contributed by atoms with E-state index in [1.54, 1.807) is 12.1 Å². The molecule has 23 heavy (non-hydrogen) atoms. The number of para-hydroxylation sites is 1. The summed E-state index contributed by atoms with van der Waals surface area (Å²) in [5.74, 6) is 0.110. The molecule has 0 aliphatic carbocycles. The van der Waals surface area contributed by atoms with Gasteiger partial charge in [-0.15, -0.1) is 11.3 Å². The van der Waals surface area contributed by atoms with Gasteiger partial charge in [0.25, 0.3) is 0 Å². The Morgan fingerprint density at radius 3 is 2.78 bits per heavy atom. The molecular weight excluding hydrogens is 310 g/mol. The fraction of sp³-hybridized carbons (Fsp3) is 0. The lowest BCUT2D eigenvalue weighted by molar-refractivity contribution is 0.569. The van der Waals surface area contributed by atoms with Crippen LogP contribution in [0.15, 0.2) is 51.0 Å². The van der Waals surface area contributed by atoms with Gasteiger partial charge in [-0.3, -0.25) is 0 Å². The predicted molar refractivity (Wildman–Crippen MR) is 90.2 cm³/mol. The number of thiophene rings is 1. The number of nitrogens with two attached hydrogens (primary N) is 1. The SMILES string of the molecule is N#Cc1c(N)nc2c(c1-c1cccs1)c(=O)oc1ccccc12. The largest absolute Gasteiger partial charge is 0.422 e. The van der Waals surface area contributed by atoms with Crippen molar-refractivity contribution in [3.05, 3.63) is 57.8 Å². The maximum atomic E-state index is 12.5. The van der Waals surface area contributed by atoms with E-state index in [2.05, 4.69) is 11.1 Å². The van der Waals surface area contributed by atoms with Crippen molar-refractivity contribution >= 4 is 39.0 Å². The van der Waals surface area contributed by atoms with Gasteiger partial charge in [0, 0.05) is 15.8 Å². The Balaban J connectivity index is 2.33. The van der Waals surface area contributed by atoms with Crippen LogP contribution in [0.2, 0.25) is 0 Å². The average Bonchev–Trinajstić information content (AvgIpc) is 3.08. The zero-order valence-electron chi connectivity index (χ0n) is 11.7. The Bertz CT molecular complexity index is 1150. The van der Waals surface area contributed by atoms with Crippen molar-refractivity contribution in [1.82, 2.24) is 4.98 Å². The molecule has 0 bridgehead atoms. The highest BCUT2D eigenvalue weighted by atomic mass is 32.1. The minimum atomic E-state index is -0.522. The highest BCUT2D eigenvalue weighted by molar-refractivity contribution is 7.13. The molecule has 1 aromatic carbocycles. The molecule has 0 unspecified atom stereocenters. The smallest absolute Gasteiger partial charge is 0.346 e. The first-order valence-corrected chi connectivity index (χ1v) is 7.67. The second-order valence-electron chi connectivity index (χ2n) is 4.95. The van der Waals surface area contributed by atoms with E-state index < -0.39 is 5.63 Å². The van der Waals surface area contributed by atoms with E-state index in [0.717, 1.165) is 4.88 Å². The van der Waals surface area contributed by atoms with Crippen LogP contribution in [0.25, 0.3) is 32.3 Å². The highest BCUT2D eigenvalue weighted by Gasteiger charge is 2.21. The van der Waals surface area contributed by atoms with Gasteiger partial charge >= 0.3 is 5.63 Å². The Kier molecular flexibility index (Phi) is 2.89. The van der Waals surface area contributed by atoms with Crippen LogP contribution >= 0.6 is 11.3 Å². The number of hydrogen-bond donors (Lipinski definition) is 1. The molecule has 0 aliphatic rings. The Labute approximate surface area is 134 Å². The quantitative estimate of drug-likeness (QED) is 0.428. The average molecular weight is 319 g/mol. The molecule has 0 atom stereocenters. The molecule has 2 N–H and O–H groups in total. The molecule has 5 nitrogen and oxygen atoms in total. The van der Waals surface area contributed by atoms with Crippen LogP contribution in [0.4, 0.5) is 5.82 Å². The van der Waals surface area contributed by atoms with Crippen LogP contribution in [0.5, 0.6) is 0 Å². The number of rotatable bonds is 1. The van der Waals surface area contributed by atoms with Crippen molar-refractivity contribution in [2.24, 2.45) is 0 Å². The van der Waals surface area contributed by atoms with E-state index >= 15 is 0 Å². The molecule has 0 amide bonds. The number of pyridine rings is 1. The first-order chi connectivity index (χ1) is 11.2. The first kappa shape index (κ1) is 13.5. The third-order valence-electron chi connectivity index (χ3n) is 3.65. The van der Waals surface area contributed by atoms with E-state index in [1.807, 2.05) is 29.6 Å². The number of nitrogens with zero attached hydrogens (tertiary/aromatic N) is 2. The summed E-state index contributed by atoms with van der Waals surface area (Å²) in [7, 11) is 0. The molecule has 0 radical (unpaired) electrons. The summed E-state index contributed by atoms with van der Waals surface area (Å²) in [5, 5.41) is 12.3. The molecule has 110 valence electrons. The van der Waals surface area contributed by atoms with E-state index in [-0.39, 0.29) is 16.8 Å². The normalized spacial score (nSPS) is 10.9. The summed E-state index contributed by atoms with van der Waals surface area (Å²) in [5.41, 5.74) is 7.05. The van der Waals surface area contributed by atoms with E-state index in [9.17, 15) is 10.1 Å². The van der Waals surface area contributed by atoms with Crippen molar-refractivity contribution in [2.45, 2.75) is 0 Å². The lowest BCUT2D eigenvalue weighted by Gasteiger charge is -2.09. The van der Waals surface area contributed by atoms with E-state index in [1.165, 1.54) is 11.3 Å². The van der Waals surface area contributed by atoms with Crippen LogP contribution in [0.3, 0.4) is 0 Å². The van der Waals surface area contributed by atoms with Crippen LogP contribution in [-0.4, -0.2) is 4.98 Å². The van der Waals surface area contributed by atoms with Gasteiger partial charge in [0.2, 0.25) is 0 Å². The fourth-order valence-corrected chi connectivity index (χ4v) is 3.46. The molecule has 0 fully saturated rings. The second-order valence-corrected chi connectivity index (χ2v) is 5.89. The molecule has 6 heteroatoms. The summed E-state index contributed by atoms with van der Waals surface area (Å²) in [4.78, 5) is 17.6. The number of aromatic nitrogens is 1. The maximum Gasteiger partial charge on any atom is 0.346 e. The minimum Gasteiger partial charge on any atom is -0.422 e. The Morgan fingerprint density at radius 1 is 1.22 bits per heavy atom. The van der Waals surface area contributed by atoms with Crippen LogP contribution in [0.1, 0.15) is 5.56 Å². The van der Waals surface area contributed by atoms with E-state index in [4.69, 9.17) is 10.2 Å². The third-order valence-corrected chi connectivity index (χ3v) is 4.54. The first-order valence-electron chi connectivity index (χ1n) is 6.79. The molecule has 3 aromatic heterocycles. The molecule has 0 aliphatic heterocycles. The molecular formula is C17H9N3O2S. The Morgan fingerprint density at radius 2 is 2.04 bits per heavy atom. The van der Waals surface area contributed by atoms with Gasteiger partial charge < -0.3 is 10.2 Å². The topological polar surface area (TPSA) is 92.9 Å². The second kappa shape index (κ2) is 4.93. The van der Waals surface area contributed by atoms with Gasteiger partial charge in [0.15, 0.2) is 0 Å². The Hall–Kier alpha value is -3.17. The van der Waals surface area contributed by atoms with Crippen LogP contribution in [0, 0.1) is 11.3 Å².